The van der Waals surface area contributed by atoms with E-state index in [1.165, 1.54) is 0 Å². The molecule has 1 aliphatic carbocycles. The minimum atomic E-state index is -0.113. The maximum absolute atomic E-state index is 13.1. The Morgan fingerprint density at radius 2 is 1.85 bits per heavy atom. The van der Waals surface area contributed by atoms with Crippen LogP contribution in [-0.4, -0.2) is 10.9 Å². The van der Waals surface area contributed by atoms with E-state index in [4.69, 9.17) is 10.7 Å². The van der Waals surface area contributed by atoms with Crippen LogP contribution in [0.1, 0.15) is 51.5 Å². The number of carbonyl (C=O) groups excluding carboxylic acids is 1. The predicted molar refractivity (Wildman–Crippen MR) is 107 cm³/mol. The van der Waals surface area contributed by atoms with Crippen molar-refractivity contribution in [2.75, 3.05) is 11.1 Å². The molecule has 4 rings (SSSR count). The molecule has 1 aliphatic rings. The third-order valence-electron chi connectivity index (χ3n) is 5.02. The van der Waals surface area contributed by atoms with Gasteiger partial charge in [-0.25, -0.2) is 0 Å². The molecule has 1 amide bonds. The standard InChI is InChI=1S/C22H23N3O/c1-12-8-14(3)21-17(9-12)18(11-20(24-21)15-5-6-15)22(26)25-19-10-16(23)7-4-13(19)2/h4,7-11,15H,5-6,23H2,1-3H3,(H,25,26). The van der Waals surface area contributed by atoms with Crippen molar-refractivity contribution >= 4 is 28.2 Å². The first kappa shape index (κ1) is 16.6. The number of aromatic nitrogens is 1. The number of carbonyl (C=O) groups is 1. The second-order valence-corrected chi connectivity index (χ2v) is 7.38. The Kier molecular flexibility index (Phi) is 3.91. The van der Waals surface area contributed by atoms with Crippen molar-refractivity contribution in [3.05, 3.63) is 64.3 Å². The summed E-state index contributed by atoms with van der Waals surface area (Å²) in [4.78, 5) is 18.0. The quantitative estimate of drug-likeness (QED) is 0.665. The molecule has 4 nitrogen and oxygen atoms in total. The zero-order valence-corrected chi connectivity index (χ0v) is 15.4. The van der Waals surface area contributed by atoms with Crippen molar-refractivity contribution in [2.24, 2.45) is 0 Å². The van der Waals surface area contributed by atoms with Gasteiger partial charge in [-0.15, -0.1) is 0 Å². The molecule has 0 spiro atoms. The summed E-state index contributed by atoms with van der Waals surface area (Å²) in [5.74, 6) is 0.374. The molecule has 3 N–H and O–H groups in total. The van der Waals surface area contributed by atoms with E-state index in [-0.39, 0.29) is 5.91 Å². The third kappa shape index (κ3) is 3.03. The molecule has 0 aliphatic heterocycles. The molecule has 132 valence electrons. The Bertz CT molecular complexity index is 1040. The first-order chi connectivity index (χ1) is 12.4. The zero-order valence-electron chi connectivity index (χ0n) is 15.4. The first-order valence-electron chi connectivity index (χ1n) is 9.02. The van der Waals surface area contributed by atoms with E-state index in [1.54, 1.807) is 6.07 Å². The molecule has 4 heteroatoms. The fourth-order valence-electron chi connectivity index (χ4n) is 3.44. The summed E-state index contributed by atoms with van der Waals surface area (Å²) in [5, 5.41) is 3.95. The number of aryl methyl sites for hydroxylation is 3. The highest BCUT2D eigenvalue weighted by molar-refractivity contribution is 6.13. The lowest BCUT2D eigenvalue weighted by atomic mass is 10.00. The number of nitrogens with one attached hydrogen (secondary N) is 1. The minimum absolute atomic E-state index is 0.113. The Morgan fingerprint density at radius 1 is 1.08 bits per heavy atom. The number of benzene rings is 2. The highest BCUT2D eigenvalue weighted by Gasteiger charge is 2.27. The minimum Gasteiger partial charge on any atom is -0.399 e. The Labute approximate surface area is 153 Å². The van der Waals surface area contributed by atoms with Gasteiger partial charge in [0.2, 0.25) is 0 Å². The van der Waals surface area contributed by atoms with Crippen LogP contribution in [0, 0.1) is 20.8 Å². The van der Waals surface area contributed by atoms with Gasteiger partial charge < -0.3 is 11.1 Å². The van der Waals surface area contributed by atoms with Crippen LogP contribution >= 0.6 is 0 Å². The van der Waals surface area contributed by atoms with Crippen LogP contribution in [0.2, 0.25) is 0 Å². The van der Waals surface area contributed by atoms with Gasteiger partial charge in [0.25, 0.3) is 5.91 Å². The lowest BCUT2D eigenvalue weighted by Gasteiger charge is -2.14. The number of pyridine rings is 1. The van der Waals surface area contributed by atoms with Crippen LogP contribution in [0.15, 0.2) is 36.4 Å². The molecule has 2 aromatic carbocycles. The Hall–Kier alpha value is -2.88. The van der Waals surface area contributed by atoms with E-state index in [1.807, 2.05) is 38.1 Å². The number of rotatable bonds is 3. The monoisotopic (exact) mass is 345 g/mol. The zero-order chi connectivity index (χ0) is 18.4. The molecule has 0 unspecified atom stereocenters. The lowest BCUT2D eigenvalue weighted by molar-refractivity contribution is 0.102. The molecular weight excluding hydrogens is 322 g/mol. The van der Waals surface area contributed by atoms with E-state index >= 15 is 0 Å². The summed E-state index contributed by atoms with van der Waals surface area (Å²) in [5.41, 5.74) is 13.1. The molecule has 0 bridgehead atoms. The molecular formula is C22H23N3O. The van der Waals surface area contributed by atoms with Crippen LogP contribution in [-0.2, 0) is 0 Å². The van der Waals surface area contributed by atoms with Crippen LogP contribution in [0.25, 0.3) is 10.9 Å². The van der Waals surface area contributed by atoms with Gasteiger partial charge >= 0.3 is 0 Å². The molecule has 3 aromatic rings. The summed E-state index contributed by atoms with van der Waals surface area (Å²) in [6.07, 6.45) is 2.30. The number of nitrogens with two attached hydrogens (primary N) is 1. The summed E-state index contributed by atoms with van der Waals surface area (Å²) < 4.78 is 0. The SMILES string of the molecule is Cc1cc(C)c2nc(C3CC3)cc(C(=O)Nc3cc(N)ccc3C)c2c1. The second kappa shape index (κ2) is 6.13. The summed E-state index contributed by atoms with van der Waals surface area (Å²) in [7, 11) is 0. The number of fused-ring (bicyclic) bond motifs is 1. The van der Waals surface area contributed by atoms with Crippen molar-refractivity contribution in [3.63, 3.8) is 0 Å². The molecule has 1 aromatic heterocycles. The second-order valence-electron chi connectivity index (χ2n) is 7.38. The van der Waals surface area contributed by atoms with Crippen molar-refractivity contribution in [1.29, 1.82) is 0 Å². The van der Waals surface area contributed by atoms with Crippen LogP contribution < -0.4 is 11.1 Å². The molecule has 26 heavy (non-hydrogen) atoms. The van der Waals surface area contributed by atoms with Crippen molar-refractivity contribution in [2.45, 2.75) is 39.5 Å². The maximum Gasteiger partial charge on any atom is 0.256 e. The van der Waals surface area contributed by atoms with Gasteiger partial charge in [-0.05, 0) is 69.0 Å². The molecule has 1 fully saturated rings. The van der Waals surface area contributed by atoms with Crippen molar-refractivity contribution < 1.29 is 4.79 Å². The normalized spacial score (nSPS) is 13.8. The average molecular weight is 345 g/mol. The summed E-state index contributed by atoms with van der Waals surface area (Å²) in [6, 6.07) is 11.7. The van der Waals surface area contributed by atoms with Crippen LogP contribution in [0.4, 0.5) is 11.4 Å². The number of amides is 1. The number of nitrogens with zero attached hydrogens (tertiary/aromatic N) is 1. The van der Waals surface area contributed by atoms with Gasteiger partial charge in [0.1, 0.15) is 0 Å². The fourth-order valence-corrected chi connectivity index (χ4v) is 3.44. The van der Waals surface area contributed by atoms with Gasteiger partial charge in [0.15, 0.2) is 0 Å². The number of hydrogen-bond acceptors (Lipinski definition) is 3. The average Bonchev–Trinajstić information content (AvgIpc) is 3.42. The Balaban J connectivity index is 1.83. The molecule has 1 saturated carbocycles. The summed E-state index contributed by atoms with van der Waals surface area (Å²) >= 11 is 0. The van der Waals surface area contributed by atoms with Crippen molar-refractivity contribution in [3.8, 4) is 0 Å². The molecule has 0 radical (unpaired) electrons. The Morgan fingerprint density at radius 3 is 2.58 bits per heavy atom. The number of hydrogen-bond donors (Lipinski definition) is 2. The molecule has 1 heterocycles. The third-order valence-corrected chi connectivity index (χ3v) is 5.02. The highest BCUT2D eigenvalue weighted by Crippen LogP contribution is 2.40. The maximum atomic E-state index is 13.1. The number of nitrogen functional groups attached to an aromatic ring is 1. The van der Waals surface area contributed by atoms with Gasteiger partial charge in [-0.1, -0.05) is 17.7 Å². The van der Waals surface area contributed by atoms with E-state index in [0.29, 0.717) is 17.2 Å². The van der Waals surface area contributed by atoms with Gasteiger partial charge in [-0.2, -0.15) is 0 Å². The van der Waals surface area contributed by atoms with E-state index in [2.05, 4.69) is 18.3 Å². The smallest absolute Gasteiger partial charge is 0.256 e. The topological polar surface area (TPSA) is 68.0 Å². The predicted octanol–water partition coefficient (Wildman–Crippen LogP) is 4.87. The van der Waals surface area contributed by atoms with E-state index in [0.717, 1.165) is 51.8 Å². The molecule has 0 saturated heterocycles. The fraction of sp³-hybridized carbons (Fsp3) is 0.273. The van der Waals surface area contributed by atoms with Crippen molar-refractivity contribution in [1.82, 2.24) is 4.98 Å². The van der Waals surface area contributed by atoms with Gasteiger partial charge in [0.05, 0.1) is 11.1 Å². The highest BCUT2D eigenvalue weighted by atomic mass is 16.1. The van der Waals surface area contributed by atoms with Crippen LogP contribution in [0.5, 0.6) is 0 Å². The lowest BCUT2D eigenvalue weighted by Crippen LogP contribution is -2.14. The van der Waals surface area contributed by atoms with E-state index < -0.39 is 0 Å². The van der Waals surface area contributed by atoms with Gasteiger partial charge in [0, 0.05) is 28.4 Å². The first-order valence-corrected chi connectivity index (χ1v) is 9.02. The number of anilines is 2. The van der Waals surface area contributed by atoms with Crippen LogP contribution in [0.3, 0.4) is 0 Å². The molecule has 0 atom stereocenters. The largest absolute Gasteiger partial charge is 0.399 e. The van der Waals surface area contributed by atoms with Gasteiger partial charge in [-0.3, -0.25) is 9.78 Å². The van der Waals surface area contributed by atoms with E-state index in [9.17, 15) is 4.79 Å². The summed E-state index contributed by atoms with van der Waals surface area (Å²) in [6.45, 7) is 6.07.